The van der Waals surface area contributed by atoms with Crippen molar-refractivity contribution in [2.24, 2.45) is 0 Å². The number of hydrogen-bond acceptors (Lipinski definition) is 6. The van der Waals surface area contributed by atoms with Crippen LogP contribution in [0.1, 0.15) is 28.4 Å². The van der Waals surface area contributed by atoms with E-state index >= 15 is 0 Å². The first kappa shape index (κ1) is 22.7. The van der Waals surface area contributed by atoms with Gasteiger partial charge in [0.2, 0.25) is 5.78 Å². The Morgan fingerprint density at radius 1 is 1.09 bits per heavy atom. The third-order valence-corrected chi connectivity index (χ3v) is 5.06. The summed E-state index contributed by atoms with van der Waals surface area (Å²) >= 11 is 0. The second-order valence-electron chi connectivity index (χ2n) is 7.35. The maximum atomic E-state index is 13.6. The van der Waals surface area contributed by atoms with Crippen LogP contribution < -0.4 is 10.8 Å². The zero-order valence-electron chi connectivity index (χ0n) is 18.1. The predicted molar refractivity (Wildman–Crippen MR) is 120 cm³/mol. The molecule has 9 nitrogen and oxygen atoms in total. The summed E-state index contributed by atoms with van der Waals surface area (Å²) in [5, 5.41) is 7.74. The van der Waals surface area contributed by atoms with Gasteiger partial charge in [-0.2, -0.15) is 5.10 Å². The Morgan fingerprint density at radius 3 is 2.65 bits per heavy atom. The molecular weight excluding hydrogens is 441 g/mol. The highest BCUT2D eigenvalue weighted by Crippen LogP contribution is 2.21. The van der Waals surface area contributed by atoms with Gasteiger partial charge in [0.25, 0.3) is 5.91 Å². The summed E-state index contributed by atoms with van der Waals surface area (Å²) in [5.74, 6) is -2.38. The fourth-order valence-corrected chi connectivity index (χ4v) is 3.46. The van der Waals surface area contributed by atoms with E-state index < -0.39 is 29.5 Å². The Balaban J connectivity index is 1.64. The monoisotopic (exact) mass is 461 g/mol. The molecule has 1 unspecified atom stereocenters. The molecule has 4 aromatic rings. The number of rotatable bonds is 8. The number of hydrogen-bond donors (Lipinski definition) is 2. The number of amides is 2. The van der Waals surface area contributed by atoms with Crippen molar-refractivity contribution in [3.63, 3.8) is 0 Å². The van der Waals surface area contributed by atoms with Gasteiger partial charge in [-0.3, -0.25) is 19.2 Å². The number of nitrogens with zero attached hydrogens (tertiary/aromatic N) is 3. The molecule has 2 heterocycles. The molecule has 172 valence electrons. The number of benzene rings is 2. The van der Waals surface area contributed by atoms with Crippen molar-refractivity contribution in [2.75, 3.05) is 7.11 Å². The van der Waals surface area contributed by atoms with Crippen LogP contribution in [0.3, 0.4) is 0 Å². The number of Topliss-reactive ketones (excluding diaryl/α,β-unsaturated/α-hetero) is 1. The van der Waals surface area contributed by atoms with Gasteiger partial charge in [0.15, 0.2) is 5.82 Å². The van der Waals surface area contributed by atoms with E-state index in [1.54, 1.807) is 48.7 Å². The lowest BCUT2D eigenvalue weighted by molar-refractivity contribution is -0.144. The molecule has 2 aromatic carbocycles. The SMILES string of the molecule is CONC(=O)C(=O)CC(NC(=O)c1cccnc1-n1cc2cc(F)ccc2n1)c1ccccc1. The van der Waals surface area contributed by atoms with Crippen LogP contribution in [0, 0.1) is 5.82 Å². The number of ketones is 1. The van der Waals surface area contributed by atoms with E-state index in [1.165, 1.54) is 36.2 Å². The van der Waals surface area contributed by atoms with Gasteiger partial charge >= 0.3 is 5.91 Å². The predicted octanol–water partition coefficient (Wildman–Crippen LogP) is 2.67. The first-order chi connectivity index (χ1) is 16.5. The maximum Gasteiger partial charge on any atom is 0.310 e. The minimum atomic E-state index is -0.921. The van der Waals surface area contributed by atoms with Gasteiger partial charge in [0.1, 0.15) is 5.82 Å². The molecule has 0 bridgehead atoms. The Bertz CT molecular complexity index is 1360. The summed E-state index contributed by atoms with van der Waals surface area (Å²) in [6.07, 6.45) is 2.79. The Labute approximate surface area is 193 Å². The first-order valence-electron chi connectivity index (χ1n) is 10.3. The van der Waals surface area contributed by atoms with Crippen molar-refractivity contribution in [3.05, 3.63) is 90.0 Å². The van der Waals surface area contributed by atoms with Gasteiger partial charge in [-0.1, -0.05) is 30.3 Å². The Morgan fingerprint density at radius 2 is 1.88 bits per heavy atom. The number of pyridine rings is 1. The van der Waals surface area contributed by atoms with Crippen LogP contribution in [0.5, 0.6) is 0 Å². The van der Waals surface area contributed by atoms with Gasteiger partial charge in [0.05, 0.1) is 24.2 Å². The maximum absolute atomic E-state index is 13.6. The molecule has 0 aliphatic rings. The lowest BCUT2D eigenvalue weighted by Gasteiger charge is -2.19. The lowest BCUT2D eigenvalue weighted by Crippen LogP contribution is -2.36. The van der Waals surface area contributed by atoms with Crippen LogP contribution >= 0.6 is 0 Å². The minimum absolute atomic E-state index is 0.186. The van der Waals surface area contributed by atoms with Gasteiger partial charge < -0.3 is 5.32 Å². The second-order valence-corrected chi connectivity index (χ2v) is 7.35. The summed E-state index contributed by atoms with van der Waals surface area (Å²) in [4.78, 5) is 46.3. The van der Waals surface area contributed by atoms with E-state index in [-0.39, 0.29) is 17.8 Å². The third-order valence-electron chi connectivity index (χ3n) is 5.06. The summed E-state index contributed by atoms with van der Waals surface area (Å²) < 4.78 is 15.0. The zero-order chi connectivity index (χ0) is 24.1. The van der Waals surface area contributed by atoms with E-state index in [2.05, 4.69) is 20.2 Å². The molecule has 2 N–H and O–H groups in total. The van der Waals surface area contributed by atoms with Gasteiger partial charge in [0, 0.05) is 24.2 Å². The fraction of sp³-hybridized carbons (Fsp3) is 0.125. The molecule has 2 amide bonds. The number of nitrogens with one attached hydrogen (secondary N) is 2. The van der Waals surface area contributed by atoms with Crippen molar-refractivity contribution in [2.45, 2.75) is 12.5 Å². The van der Waals surface area contributed by atoms with Gasteiger partial charge in [-0.25, -0.2) is 19.5 Å². The highest BCUT2D eigenvalue weighted by Gasteiger charge is 2.25. The number of fused-ring (bicyclic) bond motifs is 1. The molecule has 0 saturated heterocycles. The molecular formula is C24H20FN5O4. The first-order valence-corrected chi connectivity index (χ1v) is 10.3. The van der Waals surface area contributed by atoms with Crippen LogP contribution in [-0.2, 0) is 14.4 Å². The van der Waals surface area contributed by atoms with Gasteiger partial charge in [-0.15, -0.1) is 0 Å². The zero-order valence-corrected chi connectivity index (χ0v) is 18.1. The van der Waals surface area contributed by atoms with Gasteiger partial charge in [-0.05, 0) is 35.9 Å². The van der Waals surface area contributed by atoms with Crippen molar-refractivity contribution in [1.29, 1.82) is 0 Å². The van der Waals surface area contributed by atoms with Crippen molar-refractivity contribution >= 4 is 28.5 Å². The topological polar surface area (TPSA) is 115 Å². The van der Waals surface area contributed by atoms with Crippen molar-refractivity contribution < 1.29 is 23.6 Å². The molecule has 0 spiro atoms. The van der Waals surface area contributed by atoms with E-state index in [4.69, 9.17) is 0 Å². The molecule has 0 fully saturated rings. The minimum Gasteiger partial charge on any atom is -0.345 e. The normalized spacial score (nSPS) is 11.7. The molecule has 2 aromatic heterocycles. The lowest BCUT2D eigenvalue weighted by atomic mass is 10.0. The average Bonchev–Trinajstić information content (AvgIpc) is 3.27. The standard InChI is InChI=1S/C24H20FN5O4/c1-34-29-24(33)21(31)13-20(15-6-3-2-4-7-15)27-23(32)18-8-5-11-26-22(18)30-14-16-12-17(25)9-10-19(16)28-30/h2-12,14,20H,13H2,1H3,(H,27,32)(H,29,33). The van der Waals surface area contributed by atoms with Crippen molar-refractivity contribution in [1.82, 2.24) is 25.6 Å². The highest BCUT2D eigenvalue weighted by molar-refractivity contribution is 6.36. The molecule has 34 heavy (non-hydrogen) atoms. The summed E-state index contributed by atoms with van der Waals surface area (Å²) in [7, 11) is 1.22. The van der Waals surface area contributed by atoms with Crippen LogP contribution in [0.4, 0.5) is 4.39 Å². The van der Waals surface area contributed by atoms with Crippen LogP contribution in [0.2, 0.25) is 0 Å². The molecule has 0 aliphatic heterocycles. The summed E-state index contributed by atoms with van der Waals surface area (Å²) in [6.45, 7) is 0. The third kappa shape index (κ3) is 4.97. The molecule has 10 heteroatoms. The summed E-state index contributed by atoms with van der Waals surface area (Å²) in [5.41, 5.74) is 3.35. The van der Waals surface area contributed by atoms with E-state index in [1.807, 2.05) is 5.48 Å². The molecule has 4 rings (SSSR count). The van der Waals surface area contributed by atoms with Crippen LogP contribution in [0.25, 0.3) is 16.7 Å². The Kier molecular flexibility index (Phi) is 6.69. The molecule has 1 atom stereocenters. The summed E-state index contributed by atoms with van der Waals surface area (Å²) in [6, 6.07) is 15.3. The number of hydroxylamine groups is 1. The van der Waals surface area contributed by atoms with Crippen LogP contribution in [-0.4, -0.2) is 39.5 Å². The Hall–Kier alpha value is -4.44. The number of carbonyl (C=O) groups is 3. The van der Waals surface area contributed by atoms with E-state index in [0.717, 1.165) is 0 Å². The fourth-order valence-electron chi connectivity index (χ4n) is 3.46. The van der Waals surface area contributed by atoms with E-state index in [0.29, 0.717) is 16.5 Å². The number of carbonyl (C=O) groups excluding carboxylic acids is 3. The van der Waals surface area contributed by atoms with Crippen LogP contribution in [0.15, 0.2) is 73.1 Å². The highest BCUT2D eigenvalue weighted by atomic mass is 19.1. The average molecular weight is 461 g/mol. The number of halogens is 1. The number of aromatic nitrogens is 3. The second kappa shape index (κ2) is 10.0. The van der Waals surface area contributed by atoms with Crippen molar-refractivity contribution in [3.8, 4) is 5.82 Å². The molecule has 0 radical (unpaired) electrons. The molecule has 0 aliphatic carbocycles. The largest absolute Gasteiger partial charge is 0.345 e. The smallest absolute Gasteiger partial charge is 0.310 e. The quantitative estimate of drug-likeness (QED) is 0.308. The van der Waals surface area contributed by atoms with E-state index in [9.17, 15) is 18.8 Å². The molecule has 0 saturated carbocycles.